The number of ether oxygens (including phenoxy) is 1. The van der Waals surface area contributed by atoms with Crippen molar-refractivity contribution in [3.63, 3.8) is 0 Å². The fourth-order valence-electron chi connectivity index (χ4n) is 4.88. The van der Waals surface area contributed by atoms with Crippen LogP contribution in [-0.2, 0) is 9.53 Å². The Morgan fingerprint density at radius 1 is 0.956 bits per heavy atom. The molecule has 0 aliphatic heterocycles. The third-order valence-electron chi connectivity index (χ3n) is 7.37. The molecule has 1 heterocycles. The van der Waals surface area contributed by atoms with Crippen LogP contribution in [-0.4, -0.2) is 16.6 Å². The number of hydrogen-bond acceptors (Lipinski definition) is 4. The minimum atomic E-state index is -0.328. The summed E-state index contributed by atoms with van der Waals surface area (Å²) >= 11 is 0. The normalized spacial score (nSPS) is 11.6. The van der Waals surface area contributed by atoms with Crippen molar-refractivity contribution in [1.82, 2.24) is 4.98 Å². The first-order valence-corrected chi connectivity index (χ1v) is 16.7. The largest absolute Gasteiger partial charge is 0.460 e. The second-order valence-electron chi connectivity index (χ2n) is 13.2. The summed E-state index contributed by atoms with van der Waals surface area (Å²) in [7, 11) is 0. The molecule has 0 aliphatic rings. The minimum absolute atomic E-state index is 0.225. The van der Waals surface area contributed by atoms with Gasteiger partial charge in [0.15, 0.2) is 0 Å². The number of allylic oxidation sites excluding steroid dienone is 1. The first kappa shape index (κ1) is 39.3. The van der Waals surface area contributed by atoms with E-state index in [1.54, 1.807) is 0 Å². The molecule has 45 heavy (non-hydrogen) atoms. The minimum Gasteiger partial charge on any atom is -0.460 e. The number of unbranched alkanes of at least 4 members (excludes halogenated alkanes) is 1. The molecule has 1 aromatic heterocycles. The molecule has 0 amide bonds. The number of nitrogens with zero attached hydrogens (tertiary/aromatic N) is 2. The van der Waals surface area contributed by atoms with E-state index in [1.807, 2.05) is 64.1 Å². The number of aryl methyl sites for hydroxylation is 2. The van der Waals surface area contributed by atoms with Crippen LogP contribution in [0.2, 0.25) is 0 Å². The summed E-state index contributed by atoms with van der Waals surface area (Å²) in [5, 5.41) is 9.03. The maximum absolute atomic E-state index is 10.2. The molecule has 0 aliphatic carbocycles. The number of aromatic nitrogens is 1. The van der Waals surface area contributed by atoms with Gasteiger partial charge >= 0.3 is 5.97 Å². The number of hydrogen-bond donors (Lipinski definition) is 0. The Kier molecular flexibility index (Phi) is 17.8. The van der Waals surface area contributed by atoms with Gasteiger partial charge in [0.1, 0.15) is 5.60 Å². The Bertz CT molecular complexity index is 1350. The SMILES string of the molecule is C/C=C\c1nc(-c2ccc(C)cc2)c(-c2ccc(C#N)cc2)cc1C.CC(=O)OC(C)(C)C.CCCCC(CC)CCC(C)C. The number of pyridine rings is 1. The summed E-state index contributed by atoms with van der Waals surface area (Å²) in [4.78, 5) is 15.2. The maximum Gasteiger partial charge on any atom is 0.303 e. The summed E-state index contributed by atoms with van der Waals surface area (Å²) in [5.74, 6) is 1.67. The fourth-order valence-corrected chi connectivity index (χ4v) is 4.88. The lowest BCUT2D eigenvalue weighted by Gasteiger charge is -2.17. The van der Waals surface area contributed by atoms with Gasteiger partial charge in [-0.15, -0.1) is 0 Å². The monoisotopic (exact) mass is 610 g/mol. The molecule has 0 fully saturated rings. The molecular formula is C41H58N2O2. The second-order valence-corrected chi connectivity index (χ2v) is 13.2. The number of carbonyl (C=O) groups excluding carboxylic acids is 1. The van der Waals surface area contributed by atoms with Gasteiger partial charge in [-0.3, -0.25) is 4.79 Å². The van der Waals surface area contributed by atoms with E-state index in [1.165, 1.54) is 51.0 Å². The van der Waals surface area contributed by atoms with E-state index in [4.69, 9.17) is 15.0 Å². The van der Waals surface area contributed by atoms with Crippen molar-refractivity contribution >= 4 is 12.0 Å². The van der Waals surface area contributed by atoms with E-state index >= 15 is 0 Å². The molecule has 0 N–H and O–H groups in total. The molecule has 3 rings (SSSR count). The Balaban J connectivity index is 0.000000421. The van der Waals surface area contributed by atoms with Crippen molar-refractivity contribution in [1.29, 1.82) is 5.26 Å². The van der Waals surface area contributed by atoms with Gasteiger partial charge in [-0.2, -0.15) is 5.26 Å². The van der Waals surface area contributed by atoms with Gasteiger partial charge in [-0.1, -0.05) is 114 Å². The summed E-state index contributed by atoms with van der Waals surface area (Å²) in [5.41, 5.74) is 7.88. The van der Waals surface area contributed by atoms with Crippen molar-refractivity contribution in [2.45, 2.75) is 120 Å². The van der Waals surface area contributed by atoms with E-state index in [-0.39, 0.29) is 11.6 Å². The summed E-state index contributed by atoms with van der Waals surface area (Å²) in [6, 6.07) is 20.5. The Labute approximate surface area is 275 Å². The molecule has 1 atom stereocenters. The predicted octanol–water partition coefficient (Wildman–Crippen LogP) is 11.9. The van der Waals surface area contributed by atoms with Gasteiger partial charge in [-0.25, -0.2) is 4.98 Å². The van der Waals surface area contributed by atoms with E-state index in [2.05, 4.69) is 77.9 Å². The number of esters is 1. The van der Waals surface area contributed by atoms with Gasteiger partial charge in [0.25, 0.3) is 0 Å². The Morgan fingerprint density at radius 3 is 2.00 bits per heavy atom. The van der Waals surface area contributed by atoms with Crippen molar-refractivity contribution in [2.75, 3.05) is 0 Å². The average Bonchev–Trinajstić information content (AvgIpc) is 2.98. The predicted molar refractivity (Wildman–Crippen MR) is 193 cm³/mol. The van der Waals surface area contributed by atoms with Gasteiger partial charge in [0.05, 0.1) is 23.0 Å². The quantitative estimate of drug-likeness (QED) is 0.214. The van der Waals surface area contributed by atoms with Gasteiger partial charge < -0.3 is 4.74 Å². The fraction of sp³-hybridized carbons (Fsp3) is 0.488. The summed E-state index contributed by atoms with van der Waals surface area (Å²) in [6.07, 6.45) is 12.5. The van der Waals surface area contributed by atoms with E-state index in [0.29, 0.717) is 5.56 Å². The van der Waals surface area contributed by atoms with Gasteiger partial charge in [0.2, 0.25) is 0 Å². The third-order valence-corrected chi connectivity index (χ3v) is 7.37. The summed E-state index contributed by atoms with van der Waals surface area (Å²) < 4.78 is 4.80. The molecule has 0 spiro atoms. The first-order chi connectivity index (χ1) is 21.2. The molecule has 0 radical (unpaired) electrons. The maximum atomic E-state index is 10.2. The van der Waals surface area contributed by atoms with Crippen molar-refractivity contribution < 1.29 is 9.53 Å². The molecule has 0 saturated carbocycles. The van der Waals surface area contributed by atoms with Crippen LogP contribution in [0.25, 0.3) is 28.5 Å². The Morgan fingerprint density at radius 2 is 1.56 bits per heavy atom. The molecule has 244 valence electrons. The molecule has 1 unspecified atom stereocenters. The lowest BCUT2D eigenvalue weighted by Crippen LogP contribution is -2.21. The first-order valence-electron chi connectivity index (χ1n) is 16.7. The number of carbonyl (C=O) groups is 1. The highest BCUT2D eigenvalue weighted by Gasteiger charge is 2.13. The highest BCUT2D eigenvalue weighted by molar-refractivity contribution is 5.82. The zero-order valence-corrected chi connectivity index (χ0v) is 30.0. The lowest BCUT2D eigenvalue weighted by molar-refractivity contribution is -0.151. The smallest absolute Gasteiger partial charge is 0.303 e. The van der Waals surface area contributed by atoms with Crippen LogP contribution in [0.1, 0.15) is 123 Å². The molecule has 3 aromatic rings. The van der Waals surface area contributed by atoms with Crippen LogP contribution in [0, 0.1) is 37.0 Å². The molecule has 2 aromatic carbocycles. The zero-order chi connectivity index (χ0) is 34.0. The molecule has 4 nitrogen and oxygen atoms in total. The number of nitriles is 1. The van der Waals surface area contributed by atoms with Crippen molar-refractivity contribution in [3.8, 4) is 28.5 Å². The number of benzene rings is 2. The third kappa shape index (κ3) is 15.7. The molecule has 0 saturated heterocycles. The topological polar surface area (TPSA) is 63.0 Å². The second kappa shape index (κ2) is 20.3. The summed E-state index contributed by atoms with van der Waals surface area (Å²) in [6.45, 7) is 22.4. The van der Waals surface area contributed by atoms with Gasteiger partial charge in [0, 0.05) is 18.1 Å². The van der Waals surface area contributed by atoms with Crippen LogP contribution in [0.15, 0.2) is 60.7 Å². The standard InChI is InChI=1S/C23H20N2.C12H26.C6H12O2/c1-4-5-22-17(3)14-21(19-12-8-18(15-24)9-13-19)23(25-22)20-10-6-16(2)7-11-20;1-5-7-8-12(6-2)10-9-11(3)4;1-5(7)8-6(2,3)4/h4-14H,1-3H3;11-12H,5-10H2,1-4H3;1-4H3/b5-4-;;. The van der Waals surface area contributed by atoms with E-state index in [9.17, 15) is 4.79 Å². The zero-order valence-electron chi connectivity index (χ0n) is 30.0. The van der Waals surface area contributed by atoms with Crippen LogP contribution in [0.5, 0.6) is 0 Å². The Hall–Kier alpha value is -3.71. The number of rotatable bonds is 10. The van der Waals surface area contributed by atoms with Gasteiger partial charge in [-0.05, 0) is 88.8 Å². The van der Waals surface area contributed by atoms with E-state index in [0.717, 1.165) is 45.5 Å². The lowest BCUT2D eigenvalue weighted by atomic mass is 9.91. The van der Waals surface area contributed by atoms with Crippen LogP contribution >= 0.6 is 0 Å². The van der Waals surface area contributed by atoms with Crippen molar-refractivity contribution in [2.24, 2.45) is 11.8 Å². The molecule has 0 bridgehead atoms. The highest BCUT2D eigenvalue weighted by atomic mass is 16.6. The van der Waals surface area contributed by atoms with Crippen LogP contribution in [0.3, 0.4) is 0 Å². The molecular weight excluding hydrogens is 552 g/mol. The average molecular weight is 611 g/mol. The van der Waals surface area contributed by atoms with Crippen LogP contribution in [0.4, 0.5) is 0 Å². The van der Waals surface area contributed by atoms with Crippen molar-refractivity contribution in [3.05, 3.63) is 83.1 Å². The van der Waals surface area contributed by atoms with Crippen LogP contribution < -0.4 is 0 Å². The molecule has 4 heteroatoms. The van der Waals surface area contributed by atoms with E-state index < -0.39 is 0 Å². The highest BCUT2D eigenvalue weighted by Crippen LogP contribution is 2.33.